The summed E-state index contributed by atoms with van der Waals surface area (Å²) in [5.74, 6) is 0.182. The van der Waals surface area contributed by atoms with Gasteiger partial charge in [0.15, 0.2) is 5.82 Å². The van der Waals surface area contributed by atoms with Crippen LogP contribution in [-0.4, -0.2) is 61.5 Å². The first-order valence-electron chi connectivity index (χ1n) is 10.2. The molecule has 0 bridgehead atoms. The van der Waals surface area contributed by atoms with Gasteiger partial charge in [-0.15, -0.1) is 0 Å². The van der Waals surface area contributed by atoms with Gasteiger partial charge in [0.1, 0.15) is 48.4 Å². The van der Waals surface area contributed by atoms with Crippen LogP contribution in [0.2, 0.25) is 0 Å². The van der Waals surface area contributed by atoms with Gasteiger partial charge in [-0.25, -0.2) is 14.3 Å². The molecule has 1 aliphatic carbocycles. The number of nitrogen functional groups attached to an aromatic ring is 1. The number of rotatable bonds is 4. The minimum absolute atomic E-state index is 0.172. The van der Waals surface area contributed by atoms with Crippen LogP contribution in [0.1, 0.15) is 44.7 Å². The second-order valence-electron chi connectivity index (χ2n) is 8.27. The van der Waals surface area contributed by atoms with Gasteiger partial charge >= 0.3 is 6.16 Å². The molecule has 2 aromatic rings. The van der Waals surface area contributed by atoms with E-state index in [-0.39, 0.29) is 11.5 Å². The van der Waals surface area contributed by atoms with E-state index in [0.29, 0.717) is 5.52 Å². The van der Waals surface area contributed by atoms with E-state index >= 15 is 0 Å². The van der Waals surface area contributed by atoms with Crippen molar-refractivity contribution in [3.8, 4) is 6.07 Å². The van der Waals surface area contributed by atoms with Gasteiger partial charge in [0.05, 0.1) is 5.69 Å². The van der Waals surface area contributed by atoms with E-state index in [4.69, 9.17) is 19.9 Å². The summed E-state index contributed by atoms with van der Waals surface area (Å²) in [6.07, 6.45) is 0.653. The number of carbonyl (C=O) groups excluding carboxylic acids is 1. The Balaban J connectivity index is 1.49. The van der Waals surface area contributed by atoms with Gasteiger partial charge < -0.3 is 30.2 Å². The normalized spacial score (nSPS) is 30.1. The average molecular weight is 431 g/mol. The lowest BCUT2D eigenvalue weighted by atomic mass is 9.86. The Hall–Kier alpha value is -2.94. The zero-order valence-corrected chi connectivity index (χ0v) is 17.1. The van der Waals surface area contributed by atoms with Crippen LogP contribution in [-0.2, 0) is 19.8 Å². The molecule has 0 spiro atoms. The molecule has 2 aliphatic rings. The summed E-state index contributed by atoms with van der Waals surface area (Å²) < 4.78 is 17.7. The van der Waals surface area contributed by atoms with Crippen molar-refractivity contribution in [3.63, 3.8) is 0 Å². The number of ether oxygens (including phenoxy) is 3. The molecule has 1 saturated carbocycles. The third kappa shape index (κ3) is 3.67. The summed E-state index contributed by atoms with van der Waals surface area (Å²) >= 11 is 0. The van der Waals surface area contributed by atoms with E-state index in [1.165, 1.54) is 16.9 Å². The fraction of sp³-hybridized carbons (Fsp3) is 0.600. The van der Waals surface area contributed by atoms with Crippen LogP contribution < -0.4 is 5.73 Å². The smallest absolute Gasteiger partial charge is 0.431 e. The van der Waals surface area contributed by atoms with Crippen LogP contribution in [0.4, 0.5) is 10.6 Å². The van der Waals surface area contributed by atoms with Crippen molar-refractivity contribution in [2.45, 2.75) is 68.5 Å². The van der Waals surface area contributed by atoms with Crippen LogP contribution in [0.3, 0.4) is 0 Å². The number of nitrogens with zero attached hydrogens (tertiary/aromatic N) is 4. The quantitative estimate of drug-likeness (QED) is 0.595. The molecule has 2 aromatic heterocycles. The lowest BCUT2D eigenvalue weighted by molar-refractivity contribution is -0.0867. The molecule has 0 amide bonds. The molecule has 11 heteroatoms. The SMILES string of the molecule is CC1(OC(=O)OC[C@H]2O[C@@](C#N)(c3ccc4c(N)ncnn34)[C@H](O)[C@@H]2O)CCCCC1. The molecule has 11 nitrogen and oxygen atoms in total. The molecule has 1 saturated heterocycles. The molecular formula is C20H25N5O6. The lowest BCUT2D eigenvalue weighted by Crippen LogP contribution is -2.41. The number of aromatic nitrogens is 3. The predicted molar refractivity (Wildman–Crippen MR) is 106 cm³/mol. The number of anilines is 1. The van der Waals surface area contributed by atoms with Gasteiger partial charge in [0.25, 0.3) is 0 Å². The zero-order valence-electron chi connectivity index (χ0n) is 17.1. The Bertz CT molecular complexity index is 1010. The van der Waals surface area contributed by atoms with Crippen molar-refractivity contribution < 1.29 is 29.2 Å². The van der Waals surface area contributed by atoms with E-state index in [0.717, 1.165) is 32.1 Å². The number of fused-ring (bicyclic) bond motifs is 1. The van der Waals surface area contributed by atoms with Crippen LogP contribution >= 0.6 is 0 Å². The first-order valence-corrected chi connectivity index (χ1v) is 10.2. The van der Waals surface area contributed by atoms with Crippen LogP contribution in [0.5, 0.6) is 0 Å². The topological polar surface area (TPSA) is 165 Å². The molecule has 2 fully saturated rings. The molecule has 4 atom stereocenters. The summed E-state index contributed by atoms with van der Waals surface area (Å²) in [5.41, 5.74) is 3.90. The van der Waals surface area contributed by atoms with E-state index < -0.39 is 42.3 Å². The van der Waals surface area contributed by atoms with Gasteiger partial charge in [-0.3, -0.25) is 0 Å². The summed E-state index contributed by atoms with van der Waals surface area (Å²) in [6.45, 7) is 1.47. The fourth-order valence-corrected chi connectivity index (χ4v) is 4.33. The standard InChI is InChI=1S/C20H25N5O6/c1-19(7-3-2-4-8-19)31-18(28)29-9-13-15(26)16(27)20(10-21,30-13)14-6-5-12-17(22)23-11-24-25(12)14/h5-6,11,13,15-16,26-27H,2-4,7-9H2,1H3,(H2,22,23,24)/t13-,15-,16-,20+/m1/s1. The largest absolute Gasteiger partial charge is 0.508 e. The van der Waals surface area contributed by atoms with E-state index in [9.17, 15) is 20.3 Å². The van der Waals surface area contributed by atoms with Gasteiger partial charge in [-0.2, -0.15) is 10.4 Å². The molecular weight excluding hydrogens is 406 g/mol. The summed E-state index contributed by atoms with van der Waals surface area (Å²) in [6, 6.07) is 5.03. The molecule has 4 rings (SSSR count). The maximum absolute atomic E-state index is 12.2. The molecule has 166 valence electrons. The van der Waals surface area contributed by atoms with Crippen molar-refractivity contribution >= 4 is 17.5 Å². The highest BCUT2D eigenvalue weighted by Crippen LogP contribution is 2.40. The Kier molecular flexibility index (Phi) is 5.47. The molecule has 31 heavy (non-hydrogen) atoms. The van der Waals surface area contributed by atoms with Crippen LogP contribution in [0.15, 0.2) is 18.5 Å². The number of hydrogen-bond acceptors (Lipinski definition) is 10. The van der Waals surface area contributed by atoms with Gasteiger partial charge in [-0.05, 0) is 44.7 Å². The molecule has 0 unspecified atom stereocenters. The fourth-order valence-electron chi connectivity index (χ4n) is 4.33. The van der Waals surface area contributed by atoms with Gasteiger partial charge in [0.2, 0.25) is 5.60 Å². The van der Waals surface area contributed by atoms with E-state index in [1.54, 1.807) is 6.07 Å². The number of nitriles is 1. The third-order valence-corrected chi connectivity index (χ3v) is 6.09. The summed E-state index contributed by atoms with van der Waals surface area (Å²) in [4.78, 5) is 16.1. The first-order chi connectivity index (χ1) is 14.8. The highest BCUT2D eigenvalue weighted by Gasteiger charge is 2.58. The Labute approximate surface area is 178 Å². The molecule has 3 heterocycles. The van der Waals surface area contributed by atoms with E-state index in [2.05, 4.69) is 10.1 Å². The Morgan fingerprint density at radius 3 is 2.84 bits per heavy atom. The van der Waals surface area contributed by atoms with Crippen LogP contribution in [0.25, 0.3) is 5.52 Å². The van der Waals surface area contributed by atoms with Gasteiger partial charge in [0, 0.05) is 0 Å². The monoisotopic (exact) mass is 431 g/mol. The number of carbonyl (C=O) groups is 1. The first kappa shape index (κ1) is 21.3. The third-order valence-electron chi connectivity index (χ3n) is 6.09. The number of aliphatic hydroxyl groups is 2. The van der Waals surface area contributed by atoms with Crippen LogP contribution in [0, 0.1) is 11.3 Å². The minimum atomic E-state index is -1.94. The molecule has 4 N–H and O–H groups in total. The second kappa shape index (κ2) is 7.96. The predicted octanol–water partition coefficient (Wildman–Crippen LogP) is 1.03. The van der Waals surface area contributed by atoms with Crippen molar-refractivity contribution in [3.05, 3.63) is 24.2 Å². The van der Waals surface area contributed by atoms with Crippen molar-refractivity contribution in [2.24, 2.45) is 0 Å². The number of hydrogen-bond donors (Lipinski definition) is 3. The average Bonchev–Trinajstić information content (AvgIpc) is 3.29. The van der Waals surface area contributed by atoms with E-state index in [1.807, 2.05) is 13.0 Å². The molecule has 0 aromatic carbocycles. The second-order valence-corrected chi connectivity index (χ2v) is 8.27. The molecule has 0 radical (unpaired) electrons. The number of nitrogens with two attached hydrogens (primary N) is 1. The zero-order chi connectivity index (χ0) is 22.2. The lowest BCUT2D eigenvalue weighted by Gasteiger charge is -2.32. The Morgan fingerprint density at radius 1 is 1.39 bits per heavy atom. The minimum Gasteiger partial charge on any atom is -0.431 e. The number of aliphatic hydroxyl groups excluding tert-OH is 2. The summed E-state index contributed by atoms with van der Waals surface area (Å²) in [7, 11) is 0. The van der Waals surface area contributed by atoms with Crippen molar-refractivity contribution in [1.29, 1.82) is 5.26 Å². The van der Waals surface area contributed by atoms with Crippen molar-refractivity contribution in [1.82, 2.24) is 14.6 Å². The van der Waals surface area contributed by atoms with Crippen molar-refractivity contribution in [2.75, 3.05) is 12.3 Å². The van der Waals surface area contributed by atoms with Gasteiger partial charge in [-0.1, -0.05) is 6.42 Å². The maximum atomic E-state index is 12.2. The highest BCUT2D eigenvalue weighted by molar-refractivity contribution is 5.66. The summed E-state index contributed by atoms with van der Waals surface area (Å²) in [5, 5.41) is 35.2. The maximum Gasteiger partial charge on any atom is 0.508 e. The Morgan fingerprint density at radius 2 is 2.13 bits per heavy atom. The highest BCUT2D eigenvalue weighted by atomic mass is 16.7. The molecule has 1 aliphatic heterocycles.